The number of rotatable bonds is 6. The average Bonchev–Trinajstić information content (AvgIpc) is 3.07. The Bertz CT molecular complexity index is 793. The van der Waals surface area contributed by atoms with Gasteiger partial charge in [-0.25, -0.2) is 4.79 Å². The van der Waals surface area contributed by atoms with Crippen LogP contribution < -0.4 is 14.8 Å². The maximum atomic E-state index is 12.0. The van der Waals surface area contributed by atoms with Crippen molar-refractivity contribution in [2.45, 2.75) is 6.42 Å². The highest BCUT2D eigenvalue weighted by atomic mass is 35.5. The summed E-state index contributed by atoms with van der Waals surface area (Å²) in [4.78, 5) is 23.7. The van der Waals surface area contributed by atoms with Crippen molar-refractivity contribution in [3.63, 3.8) is 0 Å². The van der Waals surface area contributed by atoms with E-state index in [2.05, 4.69) is 5.32 Å². The Kier molecular flexibility index (Phi) is 5.40. The van der Waals surface area contributed by atoms with Gasteiger partial charge in [0.15, 0.2) is 18.1 Å². The standard InChI is InChI=1S/C18H16ClNO5/c19-14-3-1-2-12(8-14)6-7-20-17(21)10-23-18(22)13-4-5-15-16(9-13)25-11-24-15/h1-5,8-9H,6-7,10-11H2,(H,20,21). The molecular formula is C18H16ClNO5. The lowest BCUT2D eigenvalue weighted by Gasteiger charge is -2.07. The summed E-state index contributed by atoms with van der Waals surface area (Å²) in [6.45, 7) is 0.215. The zero-order valence-corrected chi connectivity index (χ0v) is 14.0. The fourth-order valence-corrected chi connectivity index (χ4v) is 2.54. The lowest BCUT2D eigenvalue weighted by Crippen LogP contribution is -2.30. The average molecular weight is 362 g/mol. The zero-order chi connectivity index (χ0) is 17.6. The van der Waals surface area contributed by atoms with E-state index in [0.29, 0.717) is 35.1 Å². The topological polar surface area (TPSA) is 73.9 Å². The van der Waals surface area contributed by atoms with Crippen molar-refractivity contribution in [3.05, 3.63) is 58.6 Å². The molecule has 0 bridgehead atoms. The van der Waals surface area contributed by atoms with E-state index >= 15 is 0 Å². The molecule has 1 aliphatic heterocycles. The van der Waals surface area contributed by atoms with Crippen LogP contribution in [0.2, 0.25) is 5.02 Å². The van der Waals surface area contributed by atoms with Gasteiger partial charge in [0.25, 0.3) is 5.91 Å². The van der Waals surface area contributed by atoms with Crippen LogP contribution in [0.1, 0.15) is 15.9 Å². The van der Waals surface area contributed by atoms with Crippen molar-refractivity contribution >= 4 is 23.5 Å². The molecule has 130 valence electrons. The van der Waals surface area contributed by atoms with Crippen LogP contribution in [0.25, 0.3) is 0 Å². The summed E-state index contributed by atoms with van der Waals surface area (Å²) in [5.74, 6) is 0.107. The van der Waals surface area contributed by atoms with E-state index in [9.17, 15) is 9.59 Å². The number of carbonyl (C=O) groups is 2. The fourth-order valence-electron chi connectivity index (χ4n) is 2.33. The smallest absolute Gasteiger partial charge is 0.338 e. The third-order valence-corrected chi connectivity index (χ3v) is 3.80. The van der Waals surface area contributed by atoms with E-state index in [1.807, 2.05) is 18.2 Å². The summed E-state index contributed by atoms with van der Waals surface area (Å²) in [6, 6.07) is 12.1. The van der Waals surface area contributed by atoms with Gasteiger partial charge in [0, 0.05) is 11.6 Å². The number of benzene rings is 2. The van der Waals surface area contributed by atoms with Crippen LogP contribution in [-0.2, 0) is 16.0 Å². The Hall–Kier alpha value is -2.73. The highest BCUT2D eigenvalue weighted by Gasteiger charge is 2.17. The van der Waals surface area contributed by atoms with Gasteiger partial charge in [0.1, 0.15) is 0 Å². The molecule has 0 saturated carbocycles. The molecule has 1 heterocycles. The molecule has 0 atom stereocenters. The molecule has 2 aromatic carbocycles. The quantitative estimate of drug-likeness (QED) is 0.800. The Balaban J connectivity index is 1.42. The number of ether oxygens (including phenoxy) is 3. The van der Waals surface area contributed by atoms with Gasteiger partial charge in [-0.05, 0) is 42.3 Å². The molecule has 25 heavy (non-hydrogen) atoms. The van der Waals surface area contributed by atoms with Crippen molar-refractivity contribution in [3.8, 4) is 11.5 Å². The second-order valence-corrected chi connectivity index (χ2v) is 5.81. The number of hydrogen-bond donors (Lipinski definition) is 1. The van der Waals surface area contributed by atoms with Crippen molar-refractivity contribution < 1.29 is 23.8 Å². The van der Waals surface area contributed by atoms with Gasteiger partial charge < -0.3 is 19.5 Å². The highest BCUT2D eigenvalue weighted by Crippen LogP contribution is 2.32. The first-order chi connectivity index (χ1) is 12.1. The SMILES string of the molecule is O=C(COC(=O)c1ccc2c(c1)OCO2)NCCc1cccc(Cl)c1. The summed E-state index contributed by atoms with van der Waals surface area (Å²) in [5.41, 5.74) is 1.32. The fraction of sp³-hybridized carbons (Fsp3) is 0.222. The minimum Gasteiger partial charge on any atom is -0.454 e. The molecule has 1 aliphatic rings. The van der Waals surface area contributed by atoms with E-state index in [1.165, 1.54) is 6.07 Å². The van der Waals surface area contributed by atoms with Crippen molar-refractivity contribution in [2.24, 2.45) is 0 Å². The first-order valence-electron chi connectivity index (χ1n) is 7.70. The number of esters is 1. The van der Waals surface area contributed by atoms with E-state index in [4.69, 9.17) is 25.8 Å². The van der Waals surface area contributed by atoms with E-state index in [0.717, 1.165) is 5.56 Å². The number of fused-ring (bicyclic) bond motifs is 1. The van der Waals surface area contributed by atoms with Crippen LogP contribution in [0.3, 0.4) is 0 Å². The predicted octanol–water partition coefficient (Wildman–Crippen LogP) is 2.58. The van der Waals surface area contributed by atoms with Gasteiger partial charge in [-0.2, -0.15) is 0 Å². The van der Waals surface area contributed by atoms with Gasteiger partial charge in [-0.15, -0.1) is 0 Å². The molecule has 0 unspecified atom stereocenters. The van der Waals surface area contributed by atoms with Crippen LogP contribution in [0.5, 0.6) is 11.5 Å². The molecule has 2 aromatic rings. The minimum atomic E-state index is -0.594. The molecular weight excluding hydrogens is 346 g/mol. The van der Waals surface area contributed by atoms with Crippen molar-refractivity contribution in [1.82, 2.24) is 5.32 Å². The molecule has 1 amide bonds. The molecule has 1 N–H and O–H groups in total. The van der Waals surface area contributed by atoms with Crippen molar-refractivity contribution in [1.29, 1.82) is 0 Å². The molecule has 0 fully saturated rings. The molecule has 7 heteroatoms. The van der Waals surface area contributed by atoms with Gasteiger partial charge in [-0.3, -0.25) is 4.79 Å². The molecule has 0 aliphatic carbocycles. The molecule has 0 spiro atoms. The largest absolute Gasteiger partial charge is 0.454 e. The van der Waals surface area contributed by atoms with Crippen LogP contribution in [0.4, 0.5) is 0 Å². The molecule has 6 nitrogen and oxygen atoms in total. The second kappa shape index (κ2) is 7.90. The van der Waals surface area contributed by atoms with Gasteiger partial charge in [-0.1, -0.05) is 23.7 Å². The van der Waals surface area contributed by atoms with Gasteiger partial charge >= 0.3 is 5.97 Å². The normalized spacial score (nSPS) is 11.9. The van der Waals surface area contributed by atoms with E-state index < -0.39 is 5.97 Å². The summed E-state index contributed by atoms with van der Waals surface area (Å²) >= 11 is 5.90. The number of hydrogen-bond acceptors (Lipinski definition) is 5. The number of carbonyl (C=O) groups excluding carboxylic acids is 2. The summed E-state index contributed by atoms with van der Waals surface area (Å²) in [5, 5.41) is 3.35. The molecule has 0 radical (unpaired) electrons. The Morgan fingerprint density at radius 1 is 1.12 bits per heavy atom. The molecule has 0 saturated heterocycles. The predicted molar refractivity (Wildman–Crippen MR) is 91.0 cm³/mol. The monoisotopic (exact) mass is 361 g/mol. The third kappa shape index (κ3) is 4.64. The number of halogens is 1. The Morgan fingerprint density at radius 2 is 1.96 bits per heavy atom. The summed E-state index contributed by atoms with van der Waals surface area (Å²) in [6.07, 6.45) is 0.641. The van der Waals surface area contributed by atoms with Gasteiger partial charge in [0.05, 0.1) is 5.56 Å². The Morgan fingerprint density at radius 3 is 2.80 bits per heavy atom. The molecule has 0 aromatic heterocycles. The maximum absolute atomic E-state index is 12.0. The Labute approximate surface area is 149 Å². The van der Waals surface area contributed by atoms with Crippen LogP contribution in [-0.4, -0.2) is 31.8 Å². The van der Waals surface area contributed by atoms with Gasteiger partial charge in [0.2, 0.25) is 6.79 Å². The second-order valence-electron chi connectivity index (χ2n) is 5.37. The lowest BCUT2D eigenvalue weighted by atomic mass is 10.1. The first kappa shape index (κ1) is 17.1. The summed E-state index contributed by atoms with van der Waals surface area (Å²) < 4.78 is 15.4. The van der Waals surface area contributed by atoms with Crippen LogP contribution >= 0.6 is 11.6 Å². The highest BCUT2D eigenvalue weighted by molar-refractivity contribution is 6.30. The first-order valence-corrected chi connectivity index (χ1v) is 8.07. The van der Waals surface area contributed by atoms with E-state index in [-0.39, 0.29) is 19.3 Å². The number of nitrogens with one attached hydrogen (secondary N) is 1. The molecule has 3 rings (SSSR count). The number of amides is 1. The van der Waals surface area contributed by atoms with Crippen LogP contribution in [0, 0.1) is 0 Å². The third-order valence-electron chi connectivity index (χ3n) is 3.57. The zero-order valence-electron chi connectivity index (χ0n) is 13.3. The van der Waals surface area contributed by atoms with E-state index in [1.54, 1.807) is 18.2 Å². The van der Waals surface area contributed by atoms with Crippen LogP contribution in [0.15, 0.2) is 42.5 Å². The maximum Gasteiger partial charge on any atom is 0.338 e. The summed E-state index contributed by atoms with van der Waals surface area (Å²) in [7, 11) is 0. The lowest BCUT2D eigenvalue weighted by molar-refractivity contribution is -0.124. The van der Waals surface area contributed by atoms with Crippen molar-refractivity contribution in [2.75, 3.05) is 19.9 Å². The minimum absolute atomic E-state index is 0.128.